The molecule has 19 heavy (non-hydrogen) atoms. The Hall–Kier alpha value is -2.04. The molecule has 0 radical (unpaired) electrons. The molecule has 1 aromatic rings. The van der Waals surface area contributed by atoms with Crippen molar-refractivity contribution in [2.45, 2.75) is 19.3 Å². The standard InChI is InChI=1S/C14H17NO4/c1-15-12-5-4-11(19-2)8-10(12)7-9(14(15)18)3-6-13(16)17/h4-5,8-9H,3,6-7H2,1-2H3,(H,16,17). The Kier molecular flexibility index (Phi) is 3.74. The van der Waals surface area contributed by atoms with Crippen molar-refractivity contribution in [1.29, 1.82) is 0 Å². The number of hydrogen-bond donors (Lipinski definition) is 1. The fraction of sp³-hybridized carbons (Fsp3) is 0.429. The number of ether oxygens (including phenoxy) is 1. The first-order valence-electron chi connectivity index (χ1n) is 6.19. The molecule has 5 heteroatoms. The first kappa shape index (κ1) is 13.4. The van der Waals surface area contributed by atoms with Crippen molar-refractivity contribution in [2.24, 2.45) is 5.92 Å². The molecule has 0 fully saturated rings. The van der Waals surface area contributed by atoms with Gasteiger partial charge in [0.05, 0.1) is 7.11 Å². The monoisotopic (exact) mass is 263 g/mol. The molecule has 1 N–H and O–H groups in total. The number of benzene rings is 1. The third-order valence-electron chi connectivity index (χ3n) is 3.50. The molecule has 0 saturated carbocycles. The second-order valence-corrected chi connectivity index (χ2v) is 4.73. The van der Waals surface area contributed by atoms with E-state index >= 15 is 0 Å². The molecule has 1 aliphatic heterocycles. The number of fused-ring (bicyclic) bond motifs is 1. The first-order chi connectivity index (χ1) is 9.02. The van der Waals surface area contributed by atoms with E-state index in [4.69, 9.17) is 9.84 Å². The number of amides is 1. The third kappa shape index (κ3) is 2.70. The van der Waals surface area contributed by atoms with Crippen LogP contribution in [0.1, 0.15) is 18.4 Å². The number of carboxylic acid groups (broad SMARTS) is 1. The Labute approximate surface area is 111 Å². The lowest BCUT2D eigenvalue weighted by atomic mass is 9.88. The van der Waals surface area contributed by atoms with Crippen molar-refractivity contribution in [3.05, 3.63) is 23.8 Å². The molecule has 1 unspecified atom stereocenters. The molecule has 1 aromatic carbocycles. The van der Waals surface area contributed by atoms with E-state index in [1.807, 2.05) is 18.2 Å². The summed E-state index contributed by atoms with van der Waals surface area (Å²) >= 11 is 0. The zero-order chi connectivity index (χ0) is 14.0. The highest BCUT2D eigenvalue weighted by Gasteiger charge is 2.30. The molecule has 1 atom stereocenters. The number of methoxy groups -OCH3 is 1. The Morgan fingerprint density at radius 1 is 1.53 bits per heavy atom. The normalized spacial score (nSPS) is 18.1. The predicted molar refractivity (Wildman–Crippen MR) is 70.5 cm³/mol. The van der Waals surface area contributed by atoms with Crippen molar-refractivity contribution < 1.29 is 19.4 Å². The van der Waals surface area contributed by atoms with E-state index < -0.39 is 5.97 Å². The van der Waals surface area contributed by atoms with Crippen molar-refractivity contribution in [1.82, 2.24) is 0 Å². The van der Waals surface area contributed by atoms with E-state index in [-0.39, 0.29) is 18.2 Å². The topological polar surface area (TPSA) is 66.8 Å². The van der Waals surface area contributed by atoms with Crippen molar-refractivity contribution >= 4 is 17.6 Å². The summed E-state index contributed by atoms with van der Waals surface area (Å²) in [5.41, 5.74) is 1.90. The van der Waals surface area contributed by atoms with Crippen LogP contribution in [0.2, 0.25) is 0 Å². The minimum absolute atomic E-state index is 0.0149. The fourth-order valence-electron chi connectivity index (χ4n) is 2.45. The highest BCUT2D eigenvalue weighted by molar-refractivity contribution is 5.97. The van der Waals surface area contributed by atoms with Crippen LogP contribution in [0, 0.1) is 5.92 Å². The number of aliphatic carboxylic acids is 1. The summed E-state index contributed by atoms with van der Waals surface area (Å²) in [6.07, 6.45) is 0.960. The van der Waals surface area contributed by atoms with Gasteiger partial charge in [0.2, 0.25) is 5.91 Å². The Morgan fingerprint density at radius 3 is 2.89 bits per heavy atom. The molecule has 1 amide bonds. The van der Waals surface area contributed by atoms with Crippen LogP contribution in [0.25, 0.3) is 0 Å². The molecule has 0 aliphatic carbocycles. The molecule has 1 aliphatic rings. The fourth-order valence-corrected chi connectivity index (χ4v) is 2.45. The number of carbonyl (C=O) groups is 2. The summed E-state index contributed by atoms with van der Waals surface area (Å²) in [4.78, 5) is 24.4. The van der Waals surface area contributed by atoms with Gasteiger partial charge < -0.3 is 14.7 Å². The van der Waals surface area contributed by atoms with E-state index in [9.17, 15) is 9.59 Å². The van der Waals surface area contributed by atoms with Crippen molar-refractivity contribution in [3.63, 3.8) is 0 Å². The van der Waals surface area contributed by atoms with Crippen LogP contribution in [-0.4, -0.2) is 31.1 Å². The van der Waals surface area contributed by atoms with Gasteiger partial charge in [-0.2, -0.15) is 0 Å². The van der Waals surface area contributed by atoms with Gasteiger partial charge in [-0.25, -0.2) is 0 Å². The van der Waals surface area contributed by atoms with Crippen LogP contribution in [0.4, 0.5) is 5.69 Å². The third-order valence-corrected chi connectivity index (χ3v) is 3.50. The van der Waals surface area contributed by atoms with E-state index in [1.54, 1.807) is 19.1 Å². The Balaban J connectivity index is 2.24. The largest absolute Gasteiger partial charge is 0.497 e. The average molecular weight is 263 g/mol. The number of carboxylic acids is 1. The second kappa shape index (κ2) is 5.30. The van der Waals surface area contributed by atoms with E-state index in [1.165, 1.54) is 0 Å². The number of carbonyl (C=O) groups excluding carboxylic acids is 1. The SMILES string of the molecule is COc1ccc2c(c1)CC(CCC(=O)O)C(=O)N2C. The van der Waals surface area contributed by atoms with Gasteiger partial charge in [-0.15, -0.1) is 0 Å². The number of nitrogens with zero attached hydrogens (tertiary/aromatic N) is 1. The highest BCUT2D eigenvalue weighted by Crippen LogP contribution is 2.33. The number of anilines is 1. The molecule has 0 spiro atoms. The molecule has 0 bridgehead atoms. The lowest BCUT2D eigenvalue weighted by molar-refractivity contribution is -0.137. The minimum atomic E-state index is -0.869. The maximum atomic E-state index is 12.2. The summed E-state index contributed by atoms with van der Waals surface area (Å²) in [6.45, 7) is 0. The van der Waals surface area contributed by atoms with Gasteiger partial charge in [0.25, 0.3) is 0 Å². The Bertz CT molecular complexity index is 512. The quantitative estimate of drug-likeness (QED) is 0.897. The Morgan fingerprint density at radius 2 is 2.26 bits per heavy atom. The molecular formula is C14H17NO4. The van der Waals surface area contributed by atoms with Gasteiger partial charge in [0.1, 0.15) is 5.75 Å². The summed E-state index contributed by atoms with van der Waals surface area (Å²) in [5.74, 6) is -0.398. The van der Waals surface area contributed by atoms with Crippen LogP contribution in [0.5, 0.6) is 5.75 Å². The minimum Gasteiger partial charge on any atom is -0.497 e. The van der Waals surface area contributed by atoms with Crippen LogP contribution in [0.3, 0.4) is 0 Å². The van der Waals surface area contributed by atoms with Gasteiger partial charge in [-0.05, 0) is 36.6 Å². The van der Waals surface area contributed by atoms with Crippen molar-refractivity contribution in [2.75, 3.05) is 19.1 Å². The van der Waals surface area contributed by atoms with E-state index in [0.717, 1.165) is 17.0 Å². The van der Waals surface area contributed by atoms with Crippen LogP contribution in [0.15, 0.2) is 18.2 Å². The van der Waals surface area contributed by atoms with Crippen molar-refractivity contribution in [3.8, 4) is 5.75 Å². The van der Waals surface area contributed by atoms with E-state index in [0.29, 0.717) is 12.8 Å². The number of rotatable bonds is 4. The van der Waals surface area contributed by atoms with Gasteiger partial charge in [0, 0.05) is 25.1 Å². The molecule has 5 nitrogen and oxygen atoms in total. The second-order valence-electron chi connectivity index (χ2n) is 4.73. The molecule has 0 aromatic heterocycles. The molecular weight excluding hydrogens is 246 g/mol. The zero-order valence-electron chi connectivity index (χ0n) is 11.0. The molecule has 2 rings (SSSR count). The summed E-state index contributed by atoms with van der Waals surface area (Å²) < 4.78 is 5.18. The molecule has 102 valence electrons. The number of hydrogen-bond acceptors (Lipinski definition) is 3. The lowest BCUT2D eigenvalue weighted by Crippen LogP contribution is -2.38. The lowest BCUT2D eigenvalue weighted by Gasteiger charge is -2.31. The first-order valence-corrected chi connectivity index (χ1v) is 6.19. The summed E-state index contributed by atoms with van der Waals surface area (Å²) in [5, 5.41) is 8.73. The highest BCUT2D eigenvalue weighted by atomic mass is 16.5. The van der Waals surface area contributed by atoms with Gasteiger partial charge >= 0.3 is 5.97 Å². The van der Waals surface area contributed by atoms with Gasteiger partial charge in [-0.3, -0.25) is 9.59 Å². The molecule has 1 heterocycles. The van der Waals surface area contributed by atoms with Gasteiger partial charge in [0.15, 0.2) is 0 Å². The average Bonchev–Trinajstić information content (AvgIpc) is 2.40. The van der Waals surface area contributed by atoms with E-state index in [2.05, 4.69) is 0 Å². The summed E-state index contributed by atoms with van der Waals surface area (Å²) in [7, 11) is 3.32. The predicted octanol–water partition coefficient (Wildman–Crippen LogP) is 1.70. The van der Waals surface area contributed by atoms with Crippen LogP contribution >= 0.6 is 0 Å². The molecule has 0 saturated heterocycles. The smallest absolute Gasteiger partial charge is 0.303 e. The maximum absolute atomic E-state index is 12.2. The van der Waals surface area contributed by atoms with Gasteiger partial charge in [-0.1, -0.05) is 0 Å². The maximum Gasteiger partial charge on any atom is 0.303 e. The van der Waals surface area contributed by atoms with Crippen LogP contribution in [-0.2, 0) is 16.0 Å². The zero-order valence-corrected chi connectivity index (χ0v) is 11.0. The van der Waals surface area contributed by atoms with Crippen LogP contribution < -0.4 is 9.64 Å². The summed E-state index contributed by atoms with van der Waals surface area (Å²) in [6, 6.07) is 5.59.